The lowest BCUT2D eigenvalue weighted by atomic mass is 10.1. The smallest absolute Gasteiger partial charge is 0.227 e. The molecule has 0 saturated carbocycles. The number of amides is 2. The zero-order valence-corrected chi connectivity index (χ0v) is 13.6. The van der Waals surface area contributed by atoms with E-state index in [1.165, 1.54) is 0 Å². The average Bonchev–Trinajstić information content (AvgIpc) is 2.94. The third-order valence-corrected chi connectivity index (χ3v) is 4.24. The molecule has 1 aliphatic heterocycles. The van der Waals surface area contributed by atoms with E-state index in [0.29, 0.717) is 19.0 Å². The van der Waals surface area contributed by atoms with Gasteiger partial charge in [0.25, 0.3) is 0 Å². The summed E-state index contributed by atoms with van der Waals surface area (Å²) in [5.41, 5.74) is 0.896. The molecular weight excluding hydrogens is 288 g/mol. The van der Waals surface area contributed by atoms with Gasteiger partial charge in [0, 0.05) is 24.9 Å². The second kappa shape index (κ2) is 6.41. The number of fused-ring (bicyclic) bond motifs is 1. The first-order valence-corrected chi connectivity index (χ1v) is 8.12. The highest BCUT2D eigenvalue weighted by molar-refractivity contribution is 6.06. The molecule has 1 heterocycles. The second-order valence-electron chi connectivity index (χ2n) is 6.54. The van der Waals surface area contributed by atoms with Crippen LogP contribution < -0.4 is 10.2 Å². The summed E-state index contributed by atoms with van der Waals surface area (Å²) in [6.07, 6.45) is 0.285. The van der Waals surface area contributed by atoms with Crippen molar-refractivity contribution in [3.05, 3.63) is 42.5 Å². The number of benzene rings is 2. The standard InChI is InChI=1S/C19H22N2O2/c1-13(2)11-20-19(23)15-10-18(22)21(12-15)17-9-5-7-14-6-3-4-8-16(14)17/h3-9,13,15H,10-12H2,1-2H3,(H,20,23). The Balaban J connectivity index is 1.81. The van der Waals surface area contributed by atoms with Crippen molar-refractivity contribution in [2.45, 2.75) is 20.3 Å². The molecule has 2 aromatic rings. The number of hydrogen-bond donors (Lipinski definition) is 1. The Bertz CT molecular complexity index is 734. The van der Waals surface area contributed by atoms with Gasteiger partial charge in [-0.15, -0.1) is 0 Å². The number of nitrogens with zero attached hydrogens (tertiary/aromatic N) is 1. The van der Waals surface area contributed by atoms with Crippen LogP contribution >= 0.6 is 0 Å². The normalized spacial score (nSPS) is 18.0. The highest BCUT2D eigenvalue weighted by Crippen LogP contribution is 2.31. The summed E-state index contributed by atoms with van der Waals surface area (Å²) in [6, 6.07) is 14.0. The summed E-state index contributed by atoms with van der Waals surface area (Å²) in [6.45, 7) is 5.22. The average molecular weight is 310 g/mol. The minimum Gasteiger partial charge on any atom is -0.356 e. The maximum Gasteiger partial charge on any atom is 0.227 e. The number of hydrogen-bond acceptors (Lipinski definition) is 2. The molecule has 3 rings (SSSR count). The van der Waals surface area contributed by atoms with Crippen LogP contribution in [0.2, 0.25) is 0 Å². The summed E-state index contributed by atoms with van der Waals surface area (Å²) in [5.74, 6) is 0.145. The lowest BCUT2D eigenvalue weighted by molar-refractivity contribution is -0.126. The van der Waals surface area contributed by atoms with Crippen molar-refractivity contribution in [1.29, 1.82) is 0 Å². The number of anilines is 1. The molecule has 2 aromatic carbocycles. The van der Waals surface area contributed by atoms with Crippen molar-refractivity contribution in [3.63, 3.8) is 0 Å². The molecular formula is C19H22N2O2. The van der Waals surface area contributed by atoms with E-state index in [-0.39, 0.29) is 24.2 Å². The SMILES string of the molecule is CC(C)CNC(=O)C1CC(=O)N(c2cccc3ccccc23)C1. The molecule has 1 unspecified atom stereocenters. The zero-order valence-electron chi connectivity index (χ0n) is 13.6. The van der Waals surface area contributed by atoms with Crippen LogP contribution in [0.1, 0.15) is 20.3 Å². The Morgan fingerprint density at radius 3 is 2.74 bits per heavy atom. The van der Waals surface area contributed by atoms with E-state index in [1.807, 2.05) is 42.5 Å². The molecule has 1 atom stereocenters. The quantitative estimate of drug-likeness (QED) is 0.944. The Labute approximate surface area is 136 Å². The maximum atomic E-state index is 12.4. The summed E-state index contributed by atoms with van der Waals surface area (Å²) in [7, 11) is 0. The molecule has 1 N–H and O–H groups in total. The largest absolute Gasteiger partial charge is 0.356 e. The predicted molar refractivity (Wildman–Crippen MR) is 92.3 cm³/mol. The number of carbonyl (C=O) groups excluding carboxylic acids is 2. The topological polar surface area (TPSA) is 49.4 Å². The molecule has 120 valence electrons. The van der Waals surface area contributed by atoms with Crippen molar-refractivity contribution in [2.24, 2.45) is 11.8 Å². The molecule has 1 fully saturated rings. The first-order valence-electron chi connectivity index (χ1n) is 8.12. The summed E-state index contributed by atoms with van der Waals surface area (Å²) < 4.78 is 0. The second-order valence-corrected chi connectivity index (χ2v) is 6.54. The molecule has 0 bridgehead atoms. The Morgan fingerprint density at radius 2 is 1.96 bits per heavy atom. The van der Waals surface area contributed by atoms with Gasteiger partial charge < -0.3 is 10.2 Å². The zero-order chi connectivity index (χ0) is 16.4. The lowest BCUT2D eigenvalue weighted by Crippen LogP contribution is -2.35. The van der Waals surface area contributed by atoms with E-state index in [2.05, 4.69) is 19.2 Å². The summed E-state index contributed by atoms with van der Waals surface area (Å²) in [4.78, 5) is 26.4. The Hall–Kier alpha value is -2.36. The van der Waals surface area contributed by atoms with Crippen molar-refractivity contribution >= 4 is 28.3 Å². The Morgan fingerprint density at radius 1 is 1.22 bits per heavy atom. The summed E-state index contributed by atoms with van der Waals surface area (Å²) in [5, 5.41) is 5.09. The van der Waals surface area contributed by atoms with Gasteiger partial charge in [0.15, 0.2) is 0 Å². The molecule has 23 heavy (non-hydrogen) atoms. The van der Waals surface area contributed by atoms with Crippen LogP contribution in [0.15, 0.2) is 42.5 Å². The van der Waals surface area contributed by atoms with Gasteiger partial charge in [0.2, 0.25) is 11.8 Å². The first kappa shape index (κ1) is 15.5. The number of nitrogens with one attached hydrogen (secondary N) is 1. The predicted octanol–water partition coefficient (Wildman–Crippen LogP) is 2.96. The molecule has 0 aliphatic carbocycles. The van der Waals surface area contributed by atoms with Gasteiger partial charge in [-0.2, -0.15) is 0 Å². The van der Waals surface area contributed by atoms with Gasteiger partial charge >= 0.3 is 0 Å². The fourth-order valence-electron chi connectivity index (χ4n) is 3.01. The van der Waals surface area contributed by atoms with Gasteiger partial charge in [-0.1, -0.05) is 50.2 Å². The monoisotopic (exact) mass is 310 g/mol. The number of rotatable bonds is 4. The van der Waals surface area contributed by atoms with Crippen LogP contribution in [-0.4, -0.2) is 24.9 Å². The van der Waals surface area contributed by atoms with Gasteiger partial charge in [-0.05, 0) is 17.4 Å². The molecule has 4 nitrogen and oxygen atoms in total. The Kier molecular flexibility index (Phi) is 4.33. The van der Waals surface area contributed by atoms with Gasteiger partial charge in [0.1, 0.15) is 0 Å². The molecule has 4 heteroatoms. The van der Waals surface area contributed by atoms with E-state index in [9.17, 15) is 9.59 Å². The van der Waals surface area contributed by atoms with E-state index < -0.39 is 0 Å². The fraction of sp³-hybridized carbons (Fsp3) is 0.368. The fourth-order valence-corrected chi connectivity index (χ4v) is 3.01. The maximum absolute atomic E-state index is 12.4. The van der Waals surface area contributed by atoms with E-state index in [1.54, 1.807) is 4.90 Å². The van der Waals surface area contributed by atoms with Gasteiger partial charge in [0.05, 0.1) is 11.6 Å². The van der Waals surface area contributed by atoms with Crippen LogP contribution in [-0.2, 0) is 9.59 Å². The molecule has 1 aliphatic rings. The van der Waals surface area contributed by atoms with Gasteiger partial charge in [-0.25, -0.2) is 0 Å². The van der Waals surface area contributed by atoms with E-state index in [0.717, 1.165) is 16.5 Å². The van der Waals surface area contributed by atoms with Crippen LogP contribution in [0.4, 0.5) is 5.69 Å². The third kappa shape index (κ3) is 3.21. The van der Waals surface area contributed by atoms with Crippen molar-refractivity contribution in [1.82, 2.24) is 5.32 Å². The minimum absolute atomic E-state index is 0.0187. The van der Waals surface area contributed by atoms with Crippen molar-refractivity contribution in [2.75, 3.05) is 18.0 Å². The van der Waals surface area contributed by atoms with E-state index >= 15 is 0 Å². The third-order valence-electron chi connectivity index (χ3n) is 4.24. The highest BCUT2D eigenvalue weighted by Gasteiger charge is 2.35. The highest BCUT2D eigenvalue weighted by atomic mass is 16.2. The summed E-state index contributed by atoms with van der Waals surface area (Å²) >= 11 is 0. The molecule has 1 saturated heterocycles. The van der Waals surface area contributed by atoms with Crippen LogP contribution in [0, 0.1) is 11.8 Å². The van der Waals surface area contributed by atoms with Gasteiger partial charge in [-0.3, -0.25) is 9.59 Å². The molecule has 0 aromatic heterocycles. The van der Waals surface area contributed by atoms with Crippen molar-refractivity contribution < 1.29 is 9.59 Å². The molecule has 0 spiro atoms. The number of carbonyl (C=O) groups is 2. The van der Waals surface area contributed by atoms with E-state index in [4.69, 9.17) is 0 Å². The van der Waals surface area contributed by atoms with Crippen molar-refractivity contribution in [3.8, 4) is 0 Å². The minimum atomic E-state index is -0.264. The first-order chi connectivity index (χ1) is 11.1. The van der Waals surface area contributed by atoms with Crippen LogP contribution in [0.5, 0.6) is 0 Å². The molecule has 0 radical (unpaired) electrons. The lowest BCUT2D eigenvalue weighted by Gasteiger charge is -2.19. The van der Waals surface area contributed by atoms with Crippen LogP contribution in [0.3, 0.4) is 0 Å². The molecule has 2 amide bonds. The van der Waals surface area contributed by atoms with Crippen LogP contribution in [0.25, 0.3) is 10.8 Å².